The Balaban J connectivity index is 1.51. The van der Waals surface area contributed by atoms with Gasteiger partial charge in [-0.1, -0.05) is 17.3 Å². The van der Waals surface area contributed by atoms with Crippen LogP contribution in [0.1, 0.15) is 17.5 Å². The van der Waals surface area contributed by atoms with Gasteiger partial charge in [-0.15, -0.1) is 0 Å². The van der Waals surface area contributed by atoms with Crippen LogP contribution in [0.3, 0.4) is 0 Å². The maximum atomic E-state index is 13.4. The van der Waals surface area contributed by atoms with E-state index in [4.69, 9.17) is 4.84 Å². The molecule has 0 radical (unpaired) electrons. The third-order valence-electron chi connectivity index (χ3n) is 5.09. The minimum Gasteiger partial charge on any atom is -0.382 e. The lowest BCUT2D eigenvalue weighted by Gasteiger charge is -2.20. The summed E-state index contributed by atoms with van der Waals surface area (Å²) < 4.78 is 39.3. The SMILES string of the molecule is CN(C)S(=O)(=O)c1ccc2c(c1)CCN2C(=O)[C@H]1CC(c2cccc(F)c2)=NO1. The molecule has 2 aromatic carbocycles. The zero-order chi connectivity index (χ0) is 20.8. The summed E-state index contributed by atoms with van der Waals surface area (Å²) in [6, 6.07) is 10.8. The van der Waals surface area contributed by atoms with Gasteiger partial charge in [0.15, 0.2) is 0 Å². The molecule has 2 heterocycles. The number of amides is 1. The minimum absolute atomic E-state index is 0.199. The van der Waals surface area contributed by atoms with Crippen molar-refractivity contribution in [3.05, 3.63) is 59.4 Å². The second-order valence-electron chi connectivity index (χ2n) is 7.16. The number of halogens is 1. The highest BCUT2D eigenvalue weighted by Crippen LogP contribution is 2.32. The van der Waals surface area contributed by atoms with Crippen molar-refractivity contribution in [2.75, 3.05) is 25.5 Å². The van der Waals surface area contributed by atoms with Crippen LogP contribution in [0.2, 0.25) is 0 Å². The number of oxime groups is 1. The molecule has 2 aliphatic rings. The Morgan fingerprint density at radius 2 is 2.03 bits per heavy atom. The van der Waals surface area contributed by atoms with Gasteiger partial charge in [-0.05, 0) is 42.3 Å². The van der Waals surface area contributed by atoms with Gasteiger partial charge in [0.25, 0.3) is 5.91 Å². The van der Waals surface area contributed by atoms with Gasteiger partial charge in [0, 0.05) is 38.3 Å². The zero-order valence-electron chi connectivity index (χ0n) is 16.0. The molecule has 0 saturated heterocycles. The van der Waals surface area contributed by atoms with Crippen molar-refractivity contribution < 1.29 is 22.4 Å². The second kappa shape index (κ2) is 7.23. The topological polar surface area (TPSA) is 79.3 Å². The van der Waals surface area contributed by atoms with Crippen LogP contribution in [0, 0.1) is 5.82 Å². The Morgan fingerprint density at radius 3 is 2.76 bits per heavy atom. The third-order valence-corrected chi connectivity index (χ3v) is 6.90. The molecule has 2 aromatic rings. The van der Waals surface area contributed by atoms with Crippen LogP contribution in [0.25, 0.3) is 0 Å². The molecular formula is C20H20FN3O4S. The van der Waals surface area contributed by atoms with Crippen molar-refractivity contribution in [3.63, 3.8) is 0 Å². The van der Waals surface area contributed by atoms with Gasteiger partial charge in [0.1, 0.15) is 5.82 Å². The first-order valence-electron chi connectivity index (χ1n) is 9.13. The number of hydrogen-bond acceptors (Lipinski definition) is 5. The molecule has 2 aliphatic heterocycles. The average Bonchev–Trinajstić information content (AvgIpc) is 3.34. The molecule has 1 atom stereocenters. The molecule has 1 amide bonds. The number of rotatable bonds is 4. The molecule has 9 heteroatoms. The van der Waals surface area contributed by atoms with E-state index in [1.165, 1.54) is 32.3 Å². The molecular weight excluding hydrogens is 397 g/mol. The highest BCUT2D eigenvalue weighted by molar-refractivity contribution is 7.89. The van der Waals surface area contributed by atoms with Crippen LogP contribution >= 0.6 is 0 Å². The normalized spacial score (nSPS) is 18.6. The van der Waals surface area contributed by atoms with Crippen LogP contribution < -0.4 is 4.90 Å². The van der Waals surface area contributed by atoms with Crippen molar-refractivity contribution in [1.29, 1.82) is 0 Å². The van der Waals surface area contributed by atoms with E-state index in [0.717, 1.165) is 9.87 Å². The smallest absolute Gasteiger partial charge is 0.271 e. The van der Waals surface area contributed by atoms with E-state index in [2.05, 4.69) is 5.16 Å². The lowest BCUT2D eigenvalue weighted by molar-refractivity contribution is -0.128. The van der Waals surface area contributed by atoms with Crippen molar-refractivity contribution in [3.8, 4) is 0 Å². The molecule has 0 spiro atoms. The van der Waals surface area contributed by atoms with Gasteiger partial charge in [0.05, 0.1) is 10.6 Å². The molecule has 0 aliphatic carbocycles. The van der Waals surface area contributed by atoms with Crippen molar-refractivity contribution in [2.24, 2.45) is 5.16 Å². The maximum Gasteiger partial charge on any atom is 0.271 e. The first kappa shape index (κ1) is 19.5. The van der Waals surface area contributed by atoms with E-state index < -0.39 is 16.1 Å². The quantitative estimate of drug-likeness (QED) is 0.764. The fourth-order valence-corrected chi connectivity index (χ4v) is 4.45. The summed E-state index contributed by atoms with van der Waals surface area (Å²) >= 11 is 0. The number of hydrogen-bond donors (Lipinski definition) is 0. The number of carbonyl (C=O) groups excluding carboxylic acids is 1. The Hall–Kier alpha value is -2.78. The molecule has 0 saturated carbocycles. The Labute approximate surface area is 168 Å². The number of fused-ring (bicyclic) bond motifs is 1. The standard InChI is InChI=1S/C20H20FN3O4S/c1-23(2)29(26,27)16-6-7-18-14(11-16)8-9-24(18)20(25)19-12-17(22-28-19)13-4-3-5-15(21)10-13/h3-7,10-11,19H,8-9,12H2,1-2H3/t19-/m1/s1. The van der Waals surface area contributed by atoms with E-state index in [-0.39, 0.29) is 23.0 Å². The lowest BCUT2D eigenvalue weighted by Crippen LogP contribution is -2.38. The highest BCUT2D eigenvalue weighted by atomic mass is 32.2. The van der Waals surface area contributed by atoms with E-state index >= 15 is 0 Å². The third kappa shape index (κ3) is 3.51. The molecule has 0 bridgehead atoms. The number of anilines is 1. The van der Waals surface area contributed by atoms with Crippen LogP contribution in [0.4, 0.5) is 10.1 Å². The van der Waals surface area contributed by atoms with Crippen LogP contribution in [-0.2, 0) is 26.1 Å². The largest absolute Gasteiger partial charge is 0.382 e. The number of sulfonamides is 1. The Morgan fingerprint density at radius 1 is 1.24 bits per heavy atom. The first-order valence-corrected chi connectivity index (χ1v) is 10.6. The maximum absolute atomic E-state index is 13.4. The summed E-state index contributed by atoms with van der Waals surface area (Å²) in [7, 11) is -0.581. The predicted octanol–water partition coefficient (Wildman–Crippen LogP) is 2.16. The van der Waals surface area contributed by atoms with E-state index in [1.54, 1.807) is 29.2 Å². The zero-order valence-corrected chi connectivity index (χ0v) is 16.8. The van der Waals surface area contributed by atoms with Crippen molar-refractivity contribution >= 4 is 27.3 Å². The van der Waals surface area contributed by atoms with E-state index in [1.807, 2.05) is 0 Å². The predicted molar refractivity (Wildman–Crippen MR) is 106 cm³/mol. The van der Waals surface area contributed by atoms with E-state index in [0.29, 0.717) is 29.9 Å². The van der Waals surface area contributed by atoms with Crippen LogP contribution in [0.15, 0.2) is 52.5 Å². The van der Waals surface area contributed by atoms with Crippen LogP contribution in [0.5, 0.6) is 0 Å². The molecule has 4 rings (SSSR count). The fraction of sp³-hybridized carbons (Fsp3) is 0.300. The second-order valence-corrected chi connectivity index (χ2v) is 9.32. The van der Waals surface area contributed by atoms with Gasteiger partial charge in [0.2, 0.25) is 16.1 Å². The molecule has 0 fully saturated rings. The highest BCUT2D eigenvalue weighted by Gasteiger charge is 2.36. The van der Waals surface area contributed by atoms with Gasteiger partial charge >= 0.3 is 0 Å². The number of benzene rings is 2. The van der Waals surface area contributed by atoms with E-state index in [9.17, 15) is 17.6 Å². The summed E-state index contributed by atoms with van der Waals surface area (Å²) in [4.78, 5) is 20.1. The molecule has 29 heavy (non-hydrogen) atoms. The molecule has 152 valence electrons. The minimum atomic E-state index is -3.54. The van der Waals surface area contributed by atoms with Gasteiger partial charge in [-0.3, -0.25) is 4.79 Å². The van der Waals surface area contributed by atoms with Gasteiger partial charge in [-0.25, -0.2) is 17.1 Å². The monoisotopic (exact) mass is 417 g/mol. The fourth-order valence-electron chi connectivity index (χ4n) is 3.50. The number of carbonyl (C=O) groups is 1. The molecule has 7 nitrogen and oxygen atoms in total. The summed E-state index contributed by atoms with van der Waals surface area (Å²) in [5, 5.41) is 3.96. The van der Waals surface area contributed by atoms with Crippen molar-refractivity contribution in [2.45, 2.75) is 23.8 Å². The summed E-state index contributed by atoms with van der Waals surface area (Å²) in [6.45, 7) is 0.439. The Kier molecular flexibility index (Phi) is 4.87. The lowest BCUT2D eigenvalue weighted by atomic mass is 10.0. The molecule has 0 aromatic heterocycles. The Bertz CT molecular complexity index is 1110. The summed E-state index contributed by atoms with van der Waals surface area (Å²) in [5.74, 6) is -0.626. The van der Waals surface area contributed by atoms with Crippen molar-refractivity contribution in [1.82, 2.24) is 4.31 Å². The van der Waals surface area contributed by atoms with Gasteiger partial charge < -0.3 is 9.74 Å². The number of nitrogens with zero attached hydrogens (tertiary/aromatic N) is 3. The first-order chi connectivity index (χ1) is 13.8. The average molecular weight is 417 g/mol. The summed E-state index contributed by atoms with van der Waals surface area (Å²) in [5.41, 5.74) is 2.58. The van der Waals surface area contributed by atoms with Crippen LogP contribution in [-0.4, -0.2) is 51.1 Å². The molecule has 0 N–H and O–H groups in total. The molecule has 0 unspecified atom stereocenters. The summed E-state index contributed by atoms with van der Waals surface area (Å²) in [6.07, 6.45) is 0.0213. The van der Waals surface area contributed by atoms with Gasteiger partial charge in [-0.2, -0.15) is 0 Å².